The van der Waals surface area contributed by atoms with Crippen molar-refractivity contribution in [2.24, 2.45) is 0 Å². The third-order valence-corrected chi connectivity index (χ3v) is 1.93. The molecule has 0 aliphatic carbocycles. The van der Waals surface area contributed by atoms with Crippen molar-refractivity contribution in [1.29, 1.82) is 0 Å². The molecule has 0 aromatic rings. The number of hydrogen-bond acceptors (Lipinski definition) is 5. The second kappa shape index (κ2) is 14.1. The van der Waals surface area contributed by atoms with Gasteiger partial charge in [-0.1, -0.05) is 6.58 Å². The third-order valence-electron chi connectivity index (χ3n) is 1.93. The second-order valence-corrected chi connectivity index (χ2v) is 3.41. The van der Waals surface area contributed by atoms with E-state index in [-0.39, 0.29) is 12.5 Å². The van der Waals surface area contributed by atoms with Crippen LogP contribution in [0.1, 0.15) is 6.42 Å². The van der Waals surface area contributed by atoms with E-state index >= 15 is 0 Å². The molecule has 0 heterocycles. The Morgan fingerprint density at radius 2 is 1.61 bits per heavy atom. The van der Waals surface area contributed by atoms with Crippen LogP contribution in [0.4, 0.5) is 0 Å². The minimum Gasteiger partial charge on any atom is -0.394 e. The highest BCUT2D eigenvalue weighted by atomic mass is 16.5. The van der Waals surface area contributed by atoms with Gasteiger partial charge in [-0.2, -0.15) is 0 Å². The number of carbonyl (C=O) groups excluding carboxylic acids is 1. The normalized spacial score (nSPS) is 10.3. The molecule has 0 aliphatic heterocycles. The molecule has 2 N–H and O–H groups in total. The summed E-state index contributed by atoms with van der Waals surface area (Å²) in [6.45, 7) is 6.92. The molecule has 0 spiro atoms. The molecule has 0 aromatic heterocycles. The van der Waals surface area contributed by atoms with Crippen LogP contribution in [-0.4, -0.2) is 63.8 Å². The van der Waals surface area contributed by atoms with Crippen molar-refractivity contribution in [2.45, 2.75) is 6.42 Å². The van der Waals surface area contributed by atoms with E-state index in [1.807, 2.05) is 0 Å². The highest BCUT2D eigenvalue weighted by molar-refractivity contribution is 5.86. The fourth-order valence-corrected chi connectivity index (χ4v) is 1.06. The molecule has 0 saturated carbocycles. The maximum atomic E-state index is 10.8. The van der Waals surface area contributed by atoms with Gasteiger partial charge in [-0.15, -0.1) is 0 Å². The van der Waals surface area contributed by atoms with Crippen LogP contribution >= 0.6 is 0 Å². The zero-order chi connectivity index (χ0) is 13.5. The van der Waals surface area contributed by atoms with Crippen molar-refractivity contribution in [3.05, 3.63) is 12.7 Å². The zero-order valence-electron chi connectivity index (χ0n) is 10.7. The van der Waals surface area contributed by atoms with Gasteiger partial charge < -0.3 is 24.6 Å². The van der Waals surface area contributed by atoms with Gasteiger partial charge in [0.15, 0.2) is 0 Å². The van der Waals surface area contributed by atoms with Crippen LogP contribution in [0.25, 0.3) is 0 Å². The Labute approximate surface area is 108 Å². The van der Waals surface area contributed by atoms with E-state index in [0.29, 0.717) is 46.2 Å². The molecular weight excluding hydrogens is 238 g/mol. The van der Waals surface area contributed by atoms with E-state index in [1.54, 1.807) is 0 Å². The molecule has 0 aliphatic rings. The lowest BCUT2D eigenvalue weighted by Crippen LogP contribution is -2.23. The molecule has 0 radical (unpaired) electrons. The Morgan fingerprint density at radius 3 is 2.17 bits per heavy atom. The van der Waals surface area contributed by atoms with Crippen molar-refractivity contribution < 1.29 is 24.1 Å². The fourth-order valence-electron chi connectivity index (χ4n) is 1.06. The highest BCUT2D eigenvalue weighted by Crippen LogP contribution is 1.84. The number of aliphatic hydroxyl groups excluding tert-OH is 1. The molecule has 0 saturated heterocycles. The molecule has 0 bridgehead atoms. The summed E-state index contributed by atoms with van der Waals surface area (Å²) in [5, 5.41) is 11.1. The summed E-state index contributed by atoms with van der Waals surface area (Å²) in [4.78, 5) is 10.8. The molecule has 0 fully saturated rings. The van der Waals surface area contributed by atoms with Crippen molar-refractivity contribution in [3.8, 4) is 0 Å². The van der Waals surface area contributed by atoms with Crippen molar-refractivity contribution in [3.63, 3.8) is 0 Å². The number of nitrogens with one attached hydrogen (secondary N) is 1. The summed E-state index contributed by atoms with van der Waals surface area (Å²) in [5.74, 6) is -0.166. The fraction of sp³-hybridized carbons (Fsp3) is 0.750. The molecule has 6 heteroatoms. The van der Waals surface area contributed by atoms with Gasteiger partial charge in [-0.3, -0.25) is 4.79 Å². The van der Waals surface area contributed by atoms with Gasteiger partial charge in [0.25, 0.3) is 0 Å². The lowest BCUT2D eigenvalue weighted by Gasteiger charge is -2.06. The first-order valence-corrected chi connectivity index (χ1v) is 6.05. The van der Waals surface area contributed by atoms with E-state index in [4.69, 9.17) is 19.3 Å². The van der Waals surface area contributed by atoms with E-state index in [0.717, 1.165) is 6.42 Å². The number of hydrogen-bond donors (Lipinski definition) is 2. The van der Waals surface area contributed by atoms with Crippen LogP contribution in [0.3, 0.4) is 0 Å². The maximum Gasteiger partial charge on any atom is 0.243 e. The van der Waals surface area contributed by atoms with Crippen LogP contribution < -0.4 is 5.32 Å². The van der Waals surface area contributed by atoms with E-state index in [2.05, 4.69) is 11.9 Å². The standard InChI is InChI=1S/C12H23NO5/c1-2-12(15)13-4-3-6-16-8-10-18-11-9-17-7-5-14/h2,14H,1,3-11H2,(H,13,15). The molecule has 1 amide bonds. The van der Waals surface area contributed by atoms with Gasteiger partial charge in [-0.25, -0.2) is 0 Å². The van der Waals surface area contributed by atoms with Gasteiger partial charge in [0.05, 0.1) is 39.6 Å². The van der Waals surface area contributed by atoms with Crippen molar-refractivity contribution in [2.75, 3.05) is 52.8 Å². The summed E-state index contributed by atoms with van der Waals surface area (Å²) in [6.07, 6.45) is 2.01. The largest absolute Gasteiger partial charge is 0.394 e. The summed E-state index contributed by atoms with van der Waals surface area (Å²) < 4.78 is 15.5. The number of carbonyl (C=O) groups is 1. The number of ether oxygens (including phenoxy) is 3. The topological polar surface area (TPSA) is 77.0 Å². The van der Waals surface area contributed by atoms with Gasteiger partial charge in [0.1, 0.15) is 0 Å². The maximum absolute atomic E-state index is 10.8. The Bertz CT molecular complexity index is 211. The van der Waals surface area contributed by atoms with Crippen LogP contribution in [0.5, 0.6) is 0 Å². The predicted octanol–water partition coefficient (Wildman–Crippen LogP) is -0.279. The van der Waals surface area contributed by atoms with Crippen molar-refractivity contribution in [1.82, 2.24) is 5.32 Å². The first kappa shape index (κ1) is 17.1. The minimum atomic E-state index is -0.166. The Hall–Kier alpha value is -0.950. The van der Waals surface area contributed by atoms with Gasteiger partial charge in [0, 0.05) is 13.2 Å². The molecule has 0 unspecified atom stereocenters. The van der Waals surface area contributed by atoms with Gasteiger partial charge in [-0.05, 0) is 12.5 Å². The predicted molar refractivity (Wildman–Crippen MR) is 67.4 cm³/mol. The lowest BCUT2D eigenvalue weighted by molar-refractivity contribution is -0.116. The SMILES string of the molecule is C=CC(=O)NCCCOCCOCCOCCO. The third kappa shape index (κ3) is 13.1. The molecular formula is C12H23NO5. The van der Waals surface area contributed by atoms with E-state index in [9.17, 15) is 4.79 Å². The monoisotopic (exact) mass is 261 g/mol. The quantitative estimate of drug-likeness (QED) is 0.352. The smallest absolute Gasteiger partial charge is 0.243 e. The zero-order valence-corrected chi connectivity index (χ0v) is 10.7. The average molecular weight is 261 g/mol. The molecule has 18 heavy (non-hydrogen) atoms. The second-order valence-electron chi connectivity index (χ2n) is 3.41. The van der Waals surface area contributed by atoms with Crippen LogP contribution in [0, 0.1) is 0 Å². The van der Waals surface area contributed by atoms with Crippen molar-refractivity contribution >= 4 is 5.91 Å². The number of rotatable bonds is 13. The average Bonchev–Trinajstić information content (AvgIpc) is 2.39. The molecule has 106 valence electrons. The minimum absolute atomic E-state index is 0.0332. The van der Waals surface area contributed by atoms with Crippen LogP contribution in [0.15, 0.2) is 12.7 Å². The first-order valence-electron chi connectivity index (χ1n) is 6.05. The van der Waals surface area contributed by atoms with Gasteiger partial charge >= 0.3 is 0 Å². The van der Waals surface area contributed by atoms with E-state index < -0.39 is 0 Å². The summed E-state index contributed by atoms with van der Waals surface area (Å²) in [6, 6.07) is 0. The first-order chi connectivity index (χ1) is 8.81. The summed E-state index contributed by atoms with van der Waals surface area (Å²) in [7, 11) is 0. The molecule has 0 rings (SSSR count). The summed E-state index contributed by atoms with van der Waals surface area (Å²) >= 11 is 0. The van der Waals surface area contributed by atoms with E-state index in [1.165, 1.54) is 6.08 Å². The Balaban J connectivity index is 2.98. The lowest BCUT2D eigenvalue weighted by atomic mass is 10.4. The highest BCUT2D eigenvalue weighted by Gasteiger charge is 1.94. The molecule has 0 atom stereocenters. The summed E-state index contributed by atoms with van der Waals surface area (Å²) in [5.41, 5.74) is 0. The Kier molecular flexibility index (Phi) is 13.4. The van der Waals surface area contributed by atoms with Crippen LogP contribution in [0.2, 0.25) is 0 Å². The number of aliphatic hydroxyl groups is 1. The Morgan fingerprint density at radius 1 is 1.06 bits per heavy atom. The molecule has 6 nitrogen and oxygen atoms in total. The number of amides is 1. The molecule has 0 aromatic carbocycles. The van der Waals surface area contributed by atoms with Gasteiger partial charge in [0.2, 0.25) is 5.91 Å². The van der Waals surface area contributed by atoms with Crippen LogP contribution in [-0.2, 0) is 19.0 Å².